The first kappa shape index (κ1) is 49.1. The highest BCUT2D eigenvalue weighted by Crippen LogP contribution is 2.47. The lowest BCUT2D eigenvalue weighted by Crippen LogP contribution is -2.64. The van der Waals surface area contributed by atoms with Gasteiger partial charge in [0, 0.05) is 6.42 Å². The summed E-state index contributed by atoms with van der Waals surface area (Å²) in [6.45, 7) is 1.02. The molecule has 0 saturated heterocycles. The van der Waals surface area contributed by atoms with E-state index in [0.717, 1.165) is 19.3 Å². The Balaban J connectivity index is 1.87. The zero-order chi connectivity index (χ0) is 38.5. The molecule has 0 spiro atoms. The van der Waals surface area contributed by atoms with Crippen molar-refractivity contribution in [2.45, 2.75) is 217 Å². The zero-order valence-electron chi connectivity index (χ0n) is 32.1. The van der Waals surface area contributed by atoms with Crippen LogP contribution in [0.1, 0.15) is 174 Å². The number of hydrogen-bond donors (Lipinski definition) is 7. The van der Waals surface area contributed by atoms with Crippen LogP contribution in [0.15, 0.2) is 12.2 Å². The highest BCUT2D eigenvalue weighted by atomic mass is 31.2. The van der Waals surface area contributed by atoms with Gasteiger partial charge in [-0.05, 0) is 32.1 Å². The smallest absolute Gasteiger partial charge is 0.463 e. The first-order chi connectivity index (χ1) is 25.0. The van der Waals surface area contributed by atoms with E-state index >= 15 is 0 Å². The number of phosphoric ester groups is 1. The van der Waals surface area contributed by atoms with Gasteiger partial charge >= 0.3 is 13.8 Å². The Hall–Kier alpha value is -0.920. The van der Waals surface area contributed by atoms with Crippen LogP contribution < -0.4 is 0 Å². The Kier molecular flexibility index (Phi) is 29.6. The molecule has 13 heteroatoms. The quantitative estimate of drug-likeness (QED) is 0.0154. The molecule has 7 N–H and O–H groups in total. The topological polar surface area (TPSA) is 203 Å². The van der Waals surface area contributed by atoms with Crippen molar-refractivity contribution in [1.82, 2.24) is 0 Å². The van der Waals surface area contributed by atoms with Gasteiger partial charge in [-0.3, -0.25) is 13.8 Å². The van der Waals surface area contributed by atoms with Gasteiger partial charge in [0.05, 0.1) is 6.61 Å². The number of carbonyl (C=O) groups excluding carboxylic acids is 1. The summed E-state index contributed by atoms with van der Waals surface area (Å²) >= 11 is 0. The van der Waals surface area contributed by atoms with Crippen molar-refractivity contribution in [3.63, 3.8) is 0 Å². The molecule has 1 aliphatic rings. The monoisotopic (exact) mass is 766 g/mol. The van der Waals surface area contributed by atoms with Gasteiger partial charge in [0.1, 0.15) is 49.3 Å². The van der Waals surface area contributed by atoms with Crippen LogP contribution in [-0.2, 0) is 23.1 Å². The number of allylic oxidation sites excluding steroid dienone is 2. The van der Waals surface area contributed by atoms with Crippen molar-refractivity contribution in [2.75, 3.05) is 13.2 Å². The Labute approximate surface area is 314 Å². The molecule has 4 unspecified atom stereocenters. The molecule has 0 aliphatic heterocycles. The second kappa shape index (κ2) is 31.3. The molecule has 1 aliphatic carbocycles. The molecule has 0 aromatic rings. The van der Waals surface area contributed by atoms with Crippen LogP contribution in [0.5, 0.6) is 0 Å². The SMILES string of the molecule is CCCCCCCC/C=C\CCCCCCCCCCCCCCCCCCCC(=O)OC[C@H](O)COP(=O)(O)O[C@@H]1C(O)C(O)[C@@H](O)[C@@H](O)C1O. The summed E-state index contributed by atoms with van der Waals surface area (Å²) in [6.07, 6.45) is 23.6. The summed E-state index contributed by atoms with van der Waals surface area (Å²) in [7, 11) is -4.99. The molecule has 308 valence electrons. The maximum absolute atomic E-state index is 12.2. The van der Waals surface area contributed by atoms with Crippen molar-refractivity contribution in [1.29, 1.82) is 0 Å². The number of ether oxygens (including phenoxy) is 1. The third kappa shape index (κ3) is 24.5. The number of esters is 1. The van der Waals surface area contributed by atoms with Gasteiger partial charge in [-0.25, -0.2) is 4.57 Å². The first-order valence-corrected chi connectivity index (χ1v) is 22.0. The summed E-state index contributed by atoms with van der Waals surface area (Å²) in [6, 6.07) is 0. The van der Waals surface area contributed by atoms with Crippen molar-refractivity contribution < 1.29 is 58.7 Å². The minimum atomic E-state index is -4.99. The van der Waals surface area contributed by atoms with E-state index in [1.54, 1.807) is 0 Å². The zero-order valence-corrected chi connectivity index (χ0v) is 33.0. The predicted molar refractivity (Wildman–Crippen MR) is 203 cm³/mol. The van der Waals surface area contributed by atoms with Crippen molar-refractivity contribution in [2.24, 2.45) is 0 Å². The summed E-state index contributed by atoms with van der Waals surface area (Å²) in [4.78, 5) is 21.9. The van der Waals surface area contributed by atoms with E-state index in [4.69, 9.17) is 4.74 Å². The number of carbonyl (C=O) groups is 1. The molecular formula is C39H75O12P. The largest absolute Gasteiger partial charge is 0.472 e. The Bertz CT molecular complexity index is 921. The molecule has 1 fully saturated rings. The van der Waals surface area contributed by atoms with E-state index in [9.17, 15) is 44.9 Å². The van der Waals surface area contributed by atoms with Gasteiger partial charge in [0.15, 0.2) is 0 Å². The number of aliphatic hydroxyl groups excluding tert-OH is 6. The second-order valence-corrected chi connectivity index (χ2v) is 16.1. The molecule has 0 radical (unpaired) electrons. The van der Waals surface area contributed by atoms with Gasteiger partial charge in [0.25, 0.3) is 0 Å². The van der Waals surface area contributed by atoms with Gasteiger partial charge in [0.2, 0.25) is 0 Å². The molecular weight excluding hydrogens is 691 g/mol. The van der Waals surface area contributed by atoms with E-state index in [2.05, 4.69) is 28.1 Å². The van der Waals surface area contributed by atoms with E-state index in [1.165, 1.54) is 135 Å². The lowest BCUT2D eigenvalue weighted by Gasteiger charge is -2.41. The van der Waals surface area contributed by atoms with Gasteiger partial charge in [-0.15, -0.1) is 0 Å². The van der Waals surface area contributed by atoms with Crippen molar-refractivity contribution >= 4 is 13.8 Å². The van der Waals surface area contributed by atoms with E-state index in [-0.39, 0.29) is 6.42 Å². The molecule has 52 heavy (non-hydrogen) atoms. The van der Waals surface area contributed by atoms with Gasteiger partial charge in [-0.2, -0.15) is 0 Å². The van der Waals surface area contributed by atoms with Gasteiger partial charge < -0.3 is 40.3 Å². The van der Waals surface area contributed by atoms with Crippen LogP contribution >= 0.6 is 7.82 Å². The van der Waals surface area contributed by atoms with Crippen LogP contribution in [0.4, 0.5) is 0 Å². The molecule has 0 heterocycles. The minimum Gasteiger partial charge on any atom is -0.463 e. The van der Waals surface area contributed by atoms with Crippen molar-refractivity contribution in [3.05, 3.63) is 12.2 Å². The van der Waals surface area contributed by atoms with Crippen LogP contribution in [0.25, 0.3) is 0 Å². The molecule has 0 bridgehead atoms. The first-order valence-electron chi connectivity index (χ1n) is 20.5. The second-order valence-electron chi connectivity index (χ2n) is 14.7. The Morgan fingerprint density at radius 3 is 1.37 bits per heavy atom. The molecule has 8 atom stereocenters. The number of unbranched alkanes of at least 4 members (excludes halogenated alkanes) is 23. The van der Waals surface area contributed by atoms with Crippen LogP contribution in [0.2, 0.25) is 0 Å². The number of aliphatic hydroxyl groups is 6. The summed E-state index contributed by atoms with van der Waals surface area (Å²) < 4.78 is 26.5. The third-order valence-corrected chi connectivity index (χ3v) is 10.8. The van der Waals surface area contributed by atoms with Crippen molar-refractivity contribution in [3.8, 4) is 0 Å². The van der Waals surface area contributed by atoms with E-state index in [0.29, 0.717) is 6.42 Å². The molecule has 0 amide bonds. The van der Waals surface area contributed by atoms with E-state index < -0.39 is 69.7 Å². The molecule has 0 aromatic carbocycles. The number of hydrogen-bond acceptors (Lipinski definition) is 11. The highest BCUT2D eigenvalue weighted by molar-refractivity contribution is 7.47. The molecule has 1 rings (SSSR count). The number of rotatable bonds is 34. The van der Waals surface area contributed by atoms with Crippen LogP contribution in [0, 0.1) is 0 Å². The van der Waals surface area contributed by atoms with Gasteiger partial charge in [-0.1, -0.05) is 147 Å². The summed E-state index contributed by atoms with van der Waals surface area (Å²) in [5, 5.41) is 58.8. The standard InChI is InChI=1S/C39H75O12P/c1-2-3-4-5-6-7-8-9-10-11-12-13-14-15-16-17-18-19-20-21-22-23-24-25-26-27-28-29-33(41)49-30-32(40)31-50-52(47,48)51-39-37(45)35(43)34(42)36(44)38(39)46/h9-10,32,34-40,42-46H,2-8,11-31H2,1H3,(H,47,48)/b10-9-/t32-,34-,35+,36?,37?,38?,39-/m0/s1. The summed E-state index contributed by atoms with van der Waals surface area (Å²) in [5.74, 6) is -0.505. The highest BCUT2D eigenvalue weighted by Gasteiger charge is 2.51. The molecule has 0 aromatic heterocycles. The molecule has 12 nitrogen and oxygen atoms in total. The predicted octanol–water partition coefficient (Wildman–Crippen LogP) is 6.93. The Morgan fingerprint density at radius 1 is 0.577 bits per heavy atom. The van der Waals surface area contributed by atoms with E-state index in [1.807, 2.05) is 0 Å². The van der Waals surface area contributed by atoms with Crippen LogP contribution in [0.3, 0.4) is 0 Å². The average molecular weight is 767 g/mol. The normalized spacial score (nSPS) is 23.9. The molecule has 1 saturated carbocycles. The lowest BCUT2D eigenvalue weighted by atomic mass is 9.85. The maximum Gasteiger partial charge on any atom is 0.472 e. The average Bonchev–Trinajstić information content (AvgIpc) is 3.13. The fourth-order valence-electron chi connectivity index (χ4n) is 6.46. The fourth-order valence-corrected chi connectivity index (χ4v) is 7.44. The minimum absolute atomic E-state index is 0.195. The summed E-state index contributed by atoms with van der Waals surface area (Å²) in [5.41, 5.74) is 0. The maximum atomic E-state index is 12.2. The third-order valence-electron chi connectivity index (χ3n) is 9.84. The fraction of sp³-hybridized carbons (Fsp3) is 0.923. The Morgan fingerprint density at radius 2 is 0.942 bits per heavy atom. The number of phosphoric acid groups is 1. The van der Waals surface area contributed by atoms with Crippen LogP contribution in [-0.4, -0.2) is 97.4 Å². The lowest BCUT2D eigenvalue weighted by molar-refractivity contribution is -0.220.